The summed E-state index contributed by atoms with van der Waals surface area (Å²) in [5, 5.41) is 9.31. The molecule has 0 spiro atoms. The molecule has 0 aliphatic rings. The summed E-state index contributed by atoms with van der Waals surface area (Å²) in [6.45, 7) is 3.97. The van der Waals surface area contributed by atoms with Gasteiger partial charge in [-0.1, -0.05) is 42.1 Å². The van der Waals surface area contributed by atoms with Crippen molar-refractivity contribution in [3.05, 3.63) is 82.7 Å². The van der Waals surface area contributed by atoms with Gasteiger partial charge in [0, 0.05) is 17.9 Å². The van der Waals surface area contributed by atoms with Crippen LogP contribution in [-0.4, -0.2) is 19.2 Å². The Hall–Kier alpha value is -3.00. The molecule has 4 rings (SSSR count). The summed E-state index contributed by atoms with van der Waals surface area (Å²) in [6, 6.07) is 11.2. The van der Waals surface area contributed by atoms with Crippen LogP contribution < -0.4 is 5.56 Å². The number of thioether (sulfide) groups is 1. The Morgan fingerprint density at radius 2 is 1.93 bits per heavy atom. The maximum absolute atomic E-state index is 13.9. The second-order valence-corrected chi connectivity index (χ2v) is 6.78. The molecule has 4 aromatic rings. The molecule has 2 aromatic heterocycles. The molecule has 0 aliphatic heterocycles. The Balaban J connectivity index is 1.86. The van der Waals surface area contributed by atoms with Crippen molar-refractivity contribution >= 4 is 28.4 Å². The molecule has 5 nitrogen and oxygen atoms in total. The van der Waals surface area contributed by atoms with Gasteiger partial charge in [0.15, 0.2) is 16.8 Å². The van der Waals surface area contributed by atoms with Crippen LogP contribution in [-0.2, 0) is 12.3 Å². The molecule has 0 unspecified atom stereocenters. The molecule has 27 heavy (non-hydrogen) atoms. The fraction of sp³-hybridized carbons (Fsp3) is 0.105. The summed E-state index contributed by atoms with van der Waals surface area (Å²) in [4.78, 5) is 12.7. The third-order valence-electron chi connectivity index (χ3n) is 4.18. The van der Waals surface area contributed by atoms with Crippen LogP contribution in [0.15, 0.2) is 65.1 Å². The van der Waals surface area contributed by atoms with Crippen molar-refractivity contribution in [3.63, 3.8) is 0 Å². The molecule has 0 bridgehead atoms. The Bertz CT molecular complexity index is 1230. The first-order valence-electron chi connectivity index (χ1n) is 8.15. The van der Waals surface area contributed by atoms with E-state index in [0.29, 0.717) is 21.8 Å². The van der Waals surface area contributed by atoms with Gasteiger partial charge in [0.1, 0.15) is 0 Å². The van der Waals surface area contributed by atoms with E-state index in [1.165, 1.54) is 28.5 Å². The fourth-order valence-electron chi connectivity index (χ4n) is 2.92. The van der Waals surface area contributed by atoms with E-state index in [-0.39, 0.29) is 23.4 Å². The van der Waals surface area contributed by atoms with Crippen LogP contribution in [0.5, 0.6) is 0 Å². The summed E-state index contributed by atoms with van der Waals surface area (Å²) >= 11 is 1.22. The van der Waals surface area contributed by atoms with Crippen LogP contribution in [0.25, 0.3) is 16.7 Å². The SMILES string of the molecule is C=CCn1c(=O)c2ccccc2n2c(SCc3cccc(F)c3F)nnc12. The zero-order valence-corrected chi connectivity index (χ0v) is 14.9. The minimum atomic E-state index is -0.885. The first kappa shape index (κ1) is 17.4. The molecule has 0 radical (unpaired) electrons. The number of rotatable bonds is 5. The second kappa shape index (κ2) is 6.96. The summed E-state index contributed by atoms with van der Waals surface area (Å²) in [6.07, 6.45) is 1.61. The van der Waals surface area contributed by atoms with Gasteiger partial charge < -0.3 is 0 Å². The number of aromatic nitrogens is 4. The van der Waals surface area contributed by atoms with Gasteiger partial charge in [0.2, 0.25) is 5.78 Å². The van der Waals surface area contributed by atoms with Gasteiger partial charge in [0.05, 0.1) is 10.9 Å². The molecule has 2 heterocycles. The van der Waals surface area contributed by atoms with Crippen molar-refractivity contribution in [1.82, 2.24) is 19.2 Å². The molecule has 0 aliphatic carbocycles. The molecular formula is C19H14F2N4OS. The van der Waals surface area contributed by atoms with Crippen molar-refractivity contribution in [2.24, 2.45) is 0 Å². The number of halogens is 2. The number of fused-ring (bicyclic) bond motifs is 3. The molecule has 0 amide bonds. The van der Waals surface area contributed by atoms with Crippen LogP contribution >= 0.6 is 11.8 Å². The average Bonchev–Trinajstić information content (AvgIpc) is 3.10. The smallest absolute Gasteiger partial charge is 0.263 e. The number of nitrogens with zero attached hydrogens (tertiary/aromatic N) is 4. The van der Waals surface area contributed by atoms with Gasteiger partial charge in [-0.15, -0.1) is 16.8 Å². The van der Waals surface area contributed by atoms with E-state index in [2.05, 4.69) is 16.8 Å². The lowest BCUT2D eigenvalue weighted by atomic mass is 10.2. The summed E-state index contributed by atoms with van der Waals surface area (Å²) < 4.78 is 30.6. The number of hydrogen-bond acceptors (Lipinski definition) is 4. The molecule has 0 saturated heterocycles. The van der Waals surface area contributed by atoms with Gasteiger partial charge in [-0.05, 0) is 18.2 Å². The van der Waals surface area contributed by atoms with Crippen molar-refractivity contribution < 1.29 is 8.78 Å². The summed E-state index contributed by atoms with van der Waals surface area (Å²) in [5.74, 6) is -1.20. The van der Waals surface area contributed by atoms with Crippen molar-refractivity contribution in [1.29, 1.82) is 0 Å². The van der Waals surface area contributed by atoms with E-state index in [0.717, 1.165) is 6.07 Å². The van der Waals surface area contributed by atoms with Crippen molar-refractivity contribution in [2.75, 3.05) is 0 Å². The standard InChI is InChI=1S/C19H14F2N4OS/c1-2-10-24-17(26)13-7-3-4-9-15(13)25-18(24)22-23-19(25)27-11-12-6-5-8-14(20)16(12)21/h2-9H,1,10-11H2. The van der Waals surface area contributed by atoms with Gasteiger partial charge in [0.25, 0.3) is 5.56 Å². The Morgan fingerprint density at radius 1 is 1.11 bits per heavy atom. The number of benzene rings is 2. The van der Waals surface area contributed by atoms with Crippen molar-refractivity contribution in [2.45, 2.75) is 17.5 Å². The zero-order chi connectivity index (χ0) is 19.0. The molecular weight excluding hydrogens is 370 g/mol. The largest absolute Gasteiger partial charge is 0.272 e. The monoisotopic (exact) mass is 384 g/mol. The lowest BCUT2D eigenvalue weighted by Crippen LogP contribution is -2.22. The Kier molecular flexibility index (Phi) is 4.49. The molecule has 8 heteroatoms. The lowest BCUT2D eigenvalue weighted by Gasteiger charge is -2.09. The first-order valence-corrected chi connectivity index (χ1v) is 9.13. The third-order valence-corrected chi connectivity index (χ3v) is 5.16. The van der Waals surface area contributed by atoms with Crippen LogP contribution in [0.3, 0.4) is 0 Å². The maximum Gasteiger partial charge on any atom is 0.263 e. The van der Waals surface area contributed by atoms with E-state index in [4.69, 9.17) is 0 Å². The topological polar surface area (TPSA) is 52.2 Å². The van der Waals surface area contributed by atoms with E-state index in [1.807, 2.05) is 6.07 Å². The number of allylic oxidation sites excluding steroid dienone is 1. The van der Waals surface area contributed by atoms with E-state index < -0.39 is 11.6 Å². The number of hydrogen-bond donors (Lipinski definition) is 0. The molecule has 0 fully saturated rings. The molecule has 2 aromatic carbocycles. The van der Waals surface area contributed by atoms with Gasteiger partial charge in [-0.2, -0.15) is 0 Å². The van der Waals surface area contributed by atoms with Crippen molar-refractivity contribution in [3.8, 4) is 0 Å². The highest BCUT2D eigenvalue weighted by Crippen LogP contribution is 2.26. The quantitative estimate of drug-likeness (QED) is 0.388. The van der Waals surface area contributed by atoms with Crippen LogP contribution in [0, 0.1) is 11.6 Å². The highest BCUT2D eigenvalue weighted by atomic mass is 32.2. The normalized spacial score (nSPS) is 11.3. The lowest BCUT2D eigenvalue weighted by molar-refractivity contribution is 0.502. The third kappa shape index (κ3) is 2.91. The first-order chi connectivity index (χ1) is 13.1. The molecule has 136 valence electrons. The molecule has 0 atom stereocenters. The van der Waals surface area contributed by atoms with E-state index >= 15 is 0 Å². The average molecular weight is 384 g/mol. The fourth-order valence-corrected chi connectivity index (χ4v) is 3.84. The van der Waals surface area contributed by atoms with Crippen LogP contribution in [0.4, 0.5) is 8.78 Å². The van der Waals surface area contributed by atoms with Gasteiger partial charge >= 0.3 is 0 Å². The molecule has 0 saturated carbocycles. The van der Waals surface area contributed by atoms with Gasteiger partial charge in [-0.3, -0.25) is 13.8 Å². The summed E-state index contributed by atoms with van der Waals surface area (Å²) in [7, 11) is 0. The van der Waals surface area contributed by atoms with E-state index in [1.54, 1.807) is 28.7 Å². The Labute approximate surface area is 157 Å². The predicted molar refractivity (Wildman–Crippen MR) is 101 cm³/mol. The minimum Gasteiger partial charge on any atom is -0.272 e. The van der Waals surface area contributed by atoms with Crippen LogP contribution in [0.1, 0.15) is 5.56 Å². The number of para-hydroxylation sites is 1. The predicted octanol–water partition coefficient (Wildman–Crippen LogP) is 3.80. The van der Waals surface area contributed by atoms with Gasteiger partial charge in [-0.25, -0.2) is 8.78 Å². The minimum absolute atomic E-state index is 0.180. The Morgan fingerprint density at radius 3 is 2.74 bits per heavy atom. The highest BCUT2D eigenvalue weighted by molar-refractivity contribution is 7.98. The highest BCUT2D eigenvalue weighted by Gasteiger charge is 2.17. The zero-order valence-electron chi connectivity index (χ0n) is 14.1. The summed E-state index contributed by atoms with van der Waals surface area (Å²) in [5.41, 5.74) is 0.712. The molecule has 0 N–H and O–H groups in total. The van der Waals surface area contributed by atoms with Crippen LogP contribution in [0.2, 0.25) is 0 Å². The second-order valence-electron chi connectivity index (χ2n) is 5.84. The van der Waals surface area contributed by atoms with E-state index in [9.17, 15) is 13.6 Å². The maximum atomic E-state index is 13.9.